The topological polar surface area (TPSA) is 78.9 Å². The Labute approximate surface area is 408 Å². The average molecular weight is 921 g/mol. The van der Waals surface area contributed by atoms with Crippen molar-refractivity contribution in [3.63, 3.8) is 0 Å². The molecule has 0 aliphatic heterocycles. The van der Waals surface area contributed by atoms with Gasteiger partial charge in [0, 0.05) is 19.3 Å². The van der Waals surface area contributed by atoms with Gasteiger partial charge in [0.2, 0.25) is 0 Å². The summed E-state index contributed by atoms with van der Waals surface area (Å²) in [6.45, 7) is 6.47. The molecule has 0 aromatic rings. The minimum atomic E-state index is -0.780. The lowest BCUT2D eigenvalue weighted by molar-refractivity contribution is -0.167. The van der Waals surface area contributed by atoms with Gasteiger partial charge in [-0.1, -0.05) is 235 Å². The van der Waals surface area contributed by atoms with Crippen molar-refractivity contribution in [1.29, 1.82) is 0 Å². The van der Waals surface area contributed by atoms with Gasteiger partial charge >= 0.3 is 17.9 Å². The molecule has 0 aliphatic carbocycles. The second-order valence-corrected chi connectivity index (χ2v) is 18.5. The fraction of sp³-hybridized carbons (Fsp3) is 0.750. The standard InChI is InChI=1S/C60H104O6/c1-4-7-10-13-16-19-21-23-25-26-27-28-29-30-31-32-33-34-36-37-39-41-44-47-50-53-59(62)65-56-57(55-64-58(61)52-49-46-43-18-15-12-9-6-3)66-60(63)54-51-48-45-42-40-38-35-24-22-20-17-14-11-8-5-2/h7,10,16-17,19-20,23-25,27-28,35,57H,4-6,8-9,11-15,18,21-22,26,29-34,36-56H2,1-3H3/b10-7-,19-16-,20-17-,25-23-,28-27-,35-24-. The zero-order valence-corrected chi connectivity index (χ0v) is 43.4. The SMILES string of the molecule is CC/C=C\C/C=C\C/C=C\C/C=C\CCCCCCCCCCCCCCC(=O)OCC(COC(=O)CCCCCCCCCC)OC(=O)CCCCCCC/C=C\C/C=C\CCCCC. The molecule has 0 rings (SSSR count). The lowest BCUT2D eigenvalue weighted by Gasteiger charge is -2.18. The molecule has 1 unspecified atom stereocenters. The first-order valence-corrected chi connectivity index (χ1v) is 27.9. The van der Waals surface area contributed by atoms with Crippen LogP contribution in [0.15, 0.2) is 72.9 Å². The van der Waals surface area contributed by atoms with Crippen molar-refractivity contribution < 1.29 is 28.6 Å². The highest BCUT2D eigenvalue weighted by Gasteiger charge is 2.19. The van der Waals surface area contributed by atoms with Crippen LogP contribution in [0.3, 0.4) is 0 Å². The van der Waals surface area contributed by atoms with Crippen molar-refractivity contribution in [3.05, 3.63) is 72.9 Å². The lowest BCUT2D eigenvalue weighted by atomic mass is 10.0. The van der Waals surface area contributed by atoms with E-state index in [0.717, 1.165) is 109 Å². The number of unbranched alkanes of at least 4 members (excludes halogenated alkanes) is 27. The molecule has 0 amide bonds. The van der Waals surface area contributed by atoms with E-state index in [9.17, 15) is 14.4 Å². The third kappa shape index (κ3) is 51.8. The molecule has 0 fully saturated rings. The lowest BCUT2D eigenvalue weighted by Crippen LogP contribution is -2.30. The Hall–Kier alpha value is -3.15. The largest absolute Gasteiger partial charge is 0.462 e. The summed E-state index contributed by atoms with van der Waals surface area (Å²) in [6.07, 6.45) is 69.0. The Morgan fingerprint density at radius 2 is 0.591 bits per heavy atom. The molecule has 0 heterocycles. The number of rotatable bonds is 50. The van der Waals surface area contributed by atoms with Gasteiger partial charge in [-0.2, -0.15) is 0 Å². The van der Waals surface area contributed by atoms with Gasteiger partial charge in [-0.3, -0.25) is 14.4 Å². The van der Waals surface area contributed by atoms with E-state index < -0.39 is 6.10 Å². The first-order valence-electron chi connectivity index (χ1n) is 27.9. The summed E-state index contributed by atoms with van der Waals surface area (Å²) in [5.74, 6) is -0.894. The summed E-state index contributed by atoms with van der Waals surface area (Å²) in [6, 6.07) is 0. The van der Waals surface area contributed by atoms with E-state index in [4.69, 9.17) is 14.2 Å². The van der Waals surface area contributed by atoms with E-state index >= 15 is 0 Å². The number of carbonyl (C=O) groups excluding carboxylic acids is 3. The third-order valence-electron chi connectivity index (χ3n) is 11.9. The molecule has 0 aromatic carbocycles. The molecular formula is C60H104O6. The molecule has 0 aliphatic rings. The van der Waals surface area contributed by atoms with Gasteiger partial charge in [0.05, 0.1) is 0 Å². The molecule has 0 bridgehead atoms. The van der Waals surface area contributed by atoms with Crippen LogP contribution in [0, 0.1) is 0 Å². The van der Waals surface area contributed by atoms with Gasteiger partial charge in [0.15, 0.2) is 6.10 Å². The van der Waals surface area contributed by atoms with Crippen LogP contribution >= 0.6 is 0 Å². The Morgan fingerprint density at radius 3 is 0.955 bits per heavy atom. The van der Waals surface area contributed by atoms with Crippen molar-refractivity contribution in [3.8, 4) is 0 Å². The molecule has 0 saturated heterocycles. The smallest absolute Gasteiger partial charge is 0.306 e. The zero-order chi connectivity index (χ0) is 47.9. The maximum Gasteiger partial charge on any atom is 0.306 e. The first-order chi connectivity index (χ1) is 32.5. The van der Waals surface area contributed by atoms with Gasteiger partial charge in [-0.15, -0.1) is 0 Å². The number of allylic oxidation sites excluding steroid dienone is 12. The van der Waals surface area contributed by atoms with Crippen LogP contribution in [0.25, 0.3) is 0 Å². The maximum atomic E-state index is 12.8. The van der Waals surface area contributed by atoms with Crippen molar-refractivity contribution >= 4 is 17.9 Å². The van der Waals surface area contributed by atoms with Crippen LogP contribution in [0.2, 0.25) is 0 Å². The van der Waals surface area contributed by atoms with Crippen LogP contribution in [0.1, 0.15) is 271 Å². The highest BCUT2D eigenvalue weighted by molar-refractivity contribution is 5.71. The maximum absolute atomic E-state index is 12.8. The van der Waals surface area contributed by atoms with Crippen LogP contribution in [-0.2, 0) is 28.6 Å². The van der Waals surface area contributed by atoms with Crippen LogP contribution < -0.4 is 0 Å². The quantitative estimate of drug-likeness (QED) is 0.0262. The number of ether oxygens (including phenoxy) is 3. The number of hydrogen-bond acceptors (Lipinski definition) is 6. The monoisotopic (exact) mass is 921 g/mol. The molecule has 380 valence electrons. The average Bonchev–Trinajstić information content (AvgIpc) is 3.31. The molecule has 0 spiro atoms. The van der Waals surface area contributed by atoms with E-state index in [-0.39, 0.29) is 31.1 Å². The number of esters is 3. The van der Waals surface area contributed by atoms with E-state index in [0.29, 0.717) is 19.3 Å². The Balaban J connectivity index is 4.20. The molecule has 1 atom stereocenters. The van der Waals surface area contributed by atoms with Crippen molar-refractivity contribution in [1.82, 2.24) is 0 Å². The van der Waals surface area contributed by atoms with Gasteiger partial charge in [0.1, 0.15) is 13.2 Å². The molecule has 0 saturated carbocycles. The minimum absolute atomic E-state index is 0.0796. The summed E-state index contributed by atoms with van der Waals surface area (Å²) in [5.41, 5.74) is 0. The molecule has 0 aromatic heterocycles. The predicted octanol–water partition coefficient (Wildman–Crippen LogP) is 18.6. The summed E-state index contributed by atoms with van der Waals surface area (Å²) >= 11 is 0. The summed E-state index contributed by atoms with van der Waals surface area (Å²) in [7, 11) is 0. The highest BCUT2D eigenvalue weighted by Crippen LogP contribution is 2.15. The first kappa shape index (κ1) is 62.8. The van der Waals surface area contributed by atoms with Gasteiger partial charge in [-0.05, 0) is 89.9 Å². The van der Waals surface area contributed by atoms with Gasteiger partial charge < -0.3 is 14.2 Å². The molecule has 0 N–H and O–H groups in total. The van der Waals surface area contributed by atoms with Crippen molar-refractivity contribution in [2.45, 2.75) is 277 Å². The number of hydrogen-bond donors (Lipinski definition) is 0. The van der Waals surface area contributed by atoms with Crippen molar-refractivity contribution in [2.75, 3.05) is 13.2 Å². The van der Waals surface area contributed by atoms with Crippen LogP contribution in [0.4, 0.5) is 0 Å². The van der Waals surface area contributed by atoms with Crippen LogP contribution in [0.5, 0.6) is 0 Å². The molecule has 6 nitrogen and oxygen atoms in total. The van der Waals surface area contributed by atoms with Gasteiger partial charge in [0.25, 0.3) is 0 Å². The second-order valence-electron chi connectivity index (χ2n) is 18.5. The molecule has 6 heteroatoms. The van der Waals surface area contributed by atoms with E-state index in [1.165, 1.54) is 122 Å². The van der Waals surface area contributed by atoms with Crippen molar-refractivity contribution in [2.24, 2.45) is 0 Å². The summed E-state index contributed by atoms with van der Waals surface area (Å²) in [5, 5.41) is 0. The van der Waals surface area contributed by atoms with E-state index in [2.05, 4.69) is 93.7 Å². The molecular weight excluding hydrogens is 817 g/mol. The highest BCUT2D eigenvalue weighted by atomic mass is 16.6. The van der Waals surface area contributed by atoms with E-state index in [1.54, 1.807) is 0 Å². The molecule has 0 radical (unpaired) electrons. The fourth-order valence-electron chi connectivity index (χ4n) is 7.76. The Bertz CT molecular complexity index is 1240. The second kappa shape index (κ2) is 54.5. The van der Waals surface area contributed by atoms with E-state index in [1.807, 2.05) is 0 Å². The number of carbonyl (C=O) groups is 3. The summed E-state index contributed by atoms with van der Waals surface area (Å²) in [4.78, 5) is 37.9. The predicted molar refractivity (Wildman–Crippen MR) is 284 cm³/mol. The summed E-state index contributed by atoms with van der Waals surface area (Å²) < 4.78 is 16.8. The fourth-order valence-corrected chi connectivity index (χ4v) is 7.76. The van der Waals surface area contributed by atoms with Crippen LogP contribution in [-0.4, -0.2) is 37.2 Å². The normalized spacial score (nSPS) is 12.6. The molecule has 66 heavy (non-hydrogen) atoms. The zero-order valence-electron chi connectivity index (χ0n) is 43.4. The minimum Gasteiger partial charge on any atom is -0.462 e. The Morgan fingerprint density at radius 1 is 0.318 bits per heavy atom. The third-order valence-corrected chi connectivity index (χ3v) is 11.9. The van der Waals surface area contributed by atoms with Gasteiger partial charge in [-0.25, -0.2) is 0 Å². The Kier molecular flexibility index (Phi) is 51.9.